The molecule has 0 saturated carbocycles. The number of benzene rings is 2. The van der Waals surface area contributed by atoms with Gasteiger partial charge >= 0.3 is 5.97 Å². The molecule has 0 radical (unpaired) electrons. The van der Waals surface area contributed by atoms with E-state index < -0.39 is 5.97 Å². The standard InChI is InChI=1S/C16H17NO4/c1-19-13-7-8-14(15(17)11-13)16(18)21-10-9-20-12-5-3-2-4-6-12/h2-8,11H,9-10,17H2,1H3. The number of anilines is 1. The third-order valence-electron chi connectivity index (χ3n) is 2.81. The minimum Gasteiger partial charge on any atom is -0.497 e. The zero-order valence-electron chi connectivity index (χ0n) is 11.7. The number of esters is 1. The van der Waals surface area contributed by atoms with Gasteiger partial charge in [-0.25, -0.2) is 4.79 Å². The summed E-state index contributed by atoms with van der Waals surface area (Å²) >= 11 is 0. The molecule has 0 amide bonds. The largest absolute Gasteiger partial charge is 0.497 e. The Morgan fingerprint density at radius 3 is 2.48 bits per heavy atom. The SMILES string of the molecule is COc1ccc(C(=O)OCCOc2ccccc2)c(N)c1. The summed E-state index contributed by atoms with van der Waals surface area (Å²) in [5.41, 5.74) is 6.42. The van der Waals surface area contributed by atoms with Crippen LogP contribution in [0.1, 0.15) is 10.4 Å². The molecule has 5 heteroatoms. The third kappa shape index (κ3) is 4.14. The number of hydrogen-bond acceptors (Lipinski definition) is 5. The maximum atomic E-state index is 11.9. The van der Waals surface area contributed by atoms with Gasteiger partial charge in [0.15, 0.2) is 0 Å². The lowest BCUT2D eigenvalue weighted by molar-refractivity contribution is 0.0451. The van der Waals surface area contributed by atoms with Gasteiger partial charge in [0.1, 0.15) is 24.7 Å². The number of carbonyl (C=O) groups excluding carboxylic acids is 1. The first-order valence-corrected chi connectivity index (χ1v) is 6.49. The van der Waals surface area contributed by atoms with Crippen molar-refractivity contribution in [1.82, 2.24) is 0 Å². The quantitative estimate of drug-likeness (QED) is 0.502. The lowest BCUT2D eigenvalue weighted by Crippen LogP contribution is -2.13. The highest BCUT2D eigenvalue weighted by atomic mass is 16.6. The first-order valence-electron chi connectivity index (χ1n) is 6.49. The molecule has 2 aromatic carbocycles. The molecule has 0 fully saturated rings. The molecular weight excluding hydrogens is 270 g/mol. The average molecular weight is 287 g/mol. The van der Waals surface area contributed by atoms with E-state index in [9.17, 15) is 4.79 Å². The lowest BCUT2D eigenvalue weighted by Gasteiger charge is -2.09. The Labute approximate surface area is 123 Å². The average Bonchev–Trinajstić information content (AvgIpc) is 2.52. The topological polar surface area (TPSA) is 70.8 Å². The molecule has 0 aliphatic carbocycles. The molecule has 0 atom stereocenters. The summed E-state index contributed by atoms with van der Waals surface area (Å²) in [5.74, 6) is 0.848. The van der Waals surface area contributed by atoms with E-state index >= 15 is 0 Å². The predicted molar refractivity (Wildman–Crippen MR) is 79.6 cm³/mol. The predicted octanol–water partition coefficient (Wildman–Crippen LogP) is 2.51. The second-order valence-electron chi connectivity index (χ2n) is 4.25. The van der Waals surface area contributed by atoms with Crippen molar-refractivity contribution in [2.24, 2.45) is 0 Å². The van der Waals surface area contributed by atoms with E-state index in [1.54, 1.807) is 18.2 Å². The normalized spacial score (nSPS) is 9.95. The van der Waals surface area contributed by atoms with Crippen LogP contribution < -0.4 is 15.2 Å². The van der Waals surface area contributed by atoms with Gasteiger partial charge in [-0.1, -0.05) is 18.2 Å². The van der Waals surface area contributed by atoms with Gasteiger partial charge in [0.25, 0.3) is 0 Å². The maximum absolute atomic E-state index is 11.9. The molecule has 5 nitrogen and oxygen atoms in total. The Hall–Kier alpha value is -2.69. The highest BCUT2D eigenvalue weighted by Gasteiger charge is 2.11. The molecule has 110 valence electrons. The van der Waals surface area contributed by atoms with E-state index in [1.807, 2.05) is 30.3 Å². The first kappa shape index (κ1) is 14.7. The fraction of sp³-hybridized carbons (Fsp3) is 0.188. The van der Waals surface area contributed by atoms with Gasteiger partial charge in [-0.2, -0.15) is 0 Å². The minimum absolute atomic E-state index is 0.152. The number of nitrogens with two attached hydrogens (primary N) is 1. The van der Waals surface area contributed by atoms with Gasteiger partial charge in [0.05, 0.1) is 12.7 Å². The van der Waals surface area contributed by atoms with Crippen LogP contribution >= 0.6 is 0 Å². The number of hydrogen-bond donors (Lipinski definition) is 1. The fourth-order valence-corrected chi connectivity index (χ4v) is 1.74. The Balaban J connectivity index is 1.82. The zero-order valence-corrected chi connectivity index (χ0v) is 11.7. The summed E-state index contributed by atoms with van der Waals surface area (Å²) in [4.78, 5) is 11.9. The number of ether oxygens (including phenoxy) is 3. The van der Waals surface area contributed by atoms with Gasteiger partial charge in [0.2, 0.25) is 0 Å². The first-order chi connectivity index (χ1) is 10.2. The van der Waals surface area contributed by atoms with E-state index in [2.05, 4.69) is 0 Å². The van der Waals surface area contributed by atoms with Crippen LogP contribution in [0.3, 0.4) is 0 Å². The van der Waals surface area contributed by atoms with Crippen molar-refractivity contribution in [3.8, 4) is 11.5 Å². The van der Waals surface area contributed by atoms with Crippen LogP contribution in [-0.4, -0.2) is 26.3 Å². The molecule has 21 heavy (non-hydrogen) atoms. The van der Waals surface area contributed by atoms with E-state index in [0.29, 0.717) is 17.0 Å². The molecule has 2 N–H and O–H groups in total. The molecule has 0 bridgehead atoms. The maximum Gasteiger partial charge on any atom is 0.340 e. The van der Waals surface area contributed by atoms with Crippen molar-refractivity contribution in [2.45, 2.75) is 0 Å². The number of carbonyl (C=O) groups is 1. The van der Waals surface area contributed by atoms with Crippen LogP contribution in [0.4, 0.5) is 5.69 Å². The van der Waals surface area contributed by atoms with Crippen LogP contribution in [0.15, 0.2) is 48.5 Å². The Bertz CT molecular complexity index is 598. The van der Waals surface area contributed by atoms with Crippen molar-refractivity contribution in [3.63, 3.8) is 0 Å². The molecule has 2 aromatic rings. The van der Waals surface area contributed by atoms with Crippen molar-refractivity contribution in [2.75, 3.05) is 26.1 Å². The molecule has 0 heterocycles. The molecule has 2 rings (SSSR count). The zero-order chi connectivity index (χ0) is 15.1. The summed E-state index contributed by atoms with van der Waals surface area (Å²) in [6, 6.07) is 14.1. The van der Waals surface area contributed by atoms with Crippen LogP contribution in [0, 0.1) is 0 Å². The Kier molecular flexibility index (Phi) is 5.04. The van der Waals surface area contributed by atoms with Gasteiger partial charge in [0, 0.05) is 11.8 Å². The highest BCUT2D eigenvalue weighted by Crippen LogP contribution is 2.20. The van der Waals surface area contributed by atoms with Crippen molar-refractivity contribution in [1.29, 1.82) is 0 Å². The summed E-state index contributed by atoms with van der Waals surface area (Å²) in [6.07, 6.45) is 0. The Morgan fingerprint density at radius 1 is 1.05 bits per heavy atom. The van der Waals surface area contributed by atoms with Gasteiger partial charge in [-0.15, -0.1) is 0 Å². The number of para-hydroxylation sites is 1. The second-order valence-corrected chi connectivity index (χ2v) is 4.25. The fourth-order valence-electron chi connectivity index (χ4n) is 1.74. The van der Waals surface area contributed by atoms with Crippen molar-refractivity contribution >= 4 is 11.7 Å². The molecule has 0 spiro atoms. The van der Waals surface area contributed by atoms with Crippen LogP contribution in [0.5, 0.6) is 11.5 Å². The molecule has 0 saturated heterocycles. The van der Waals surface area contributed by atoms with E-state index in [0.717, 1.165) is 5.75 Å². The van der Waals surface area contributed by atoms with E-state index in [1.165, 1.54) is 7.11 Å². The van der Waals surface area contributed by atoms with E-state index in [4.69, 9.17) is 19.9 Å². The molecule has 0 aliphatic heterocycles. The number of nitrogen functional groups attached to an aromatic ring is 1. The van der Waals surface area contributed by atoms with Crippen LogP contribution in [0.25, 0.3) is 0 Å². The van der Waals surface area contributed by atoms with Gasteiger partial charge in [-0.05, 0) is 24.3 Å². The molecule has 0 aromatic heterocycles. The molecule has 0 aliphatic rings. The highest BCUT2D eigenvalue weighted by molar-refractivity contribution is 5.95. The Morgan fingerprint density at radius 2 is 1.81 bits per heavy atom. The lowest BCUT2D eigenvalue weighted by atomic mass is 10.2. The monoisotopic (exact) mass is 287 g/mol. The van der Waals surface area contributed by atoms with Gasteiger partial charge < -0.3 is 19.9 Å². The third-order valence-corrected chi connectivity index (χ3v) is 2.81. The van der Waals surface area contributed by atoms with Gasteiger partial charge in [-0.3, -0.25) is 0 Å². The summed E-state index contributed by atoms with van der Waals surface area (Å²) in [7, 11) is 1.54. The second kappa shape index (κ2) is 7.19. The molecule has 0 unspecified atom stereocenters. The van der Waals surface area contributed by atoms with Crippen molar-refractivity contribution < 1.29 is 19.0 Å². The van der Waals surface area contributed by atoms with E-state index in [-0.39, 0.29) is 13.2 Å². The van der Waals surface area contributed by atoms with Crippen LogP contribution in [0.2, 0.25) is 0 Å². The number of methoxy groups -OCH3 is 1. The summed E-state index contributed by atoms with van der Waals surface area (Å²) < 4.78 is 15.6. The minimum atomic E-state index is -0.480. The van der Waals surface area contributed by atoms with Crippen LogP contribution in [-0.2, 0) is 4.74 Å². The van der Waals surface area contributed by atoms with Crippen molar-refractivity contribution in [3.05, 3.63) is 54.1 Å². The summed E-state index contributed by atoms with van der Waals surface area (Å²) in [6.45, 7) is 0.436. The number of rotatable bonds is 6. The smallest absolute Gasteiger partial charge is 0.340 e. The summed E-state index contributed by atoms with van der Waals surface area (Å²) in [5, 5.41) is 0. The molecular formula is C16H17NO4.